The number of hydrogen-bond acceptors (Lipinski definition) is 3. The van der Waals surface area contributed by atoms with Crippen LogP contribution in [0.5, 0.6) is 5.75 Å². The fourth-order valence-corrected chi connectivity index (χ4v) is 2.26. The second-order valence-electron chi connectivity index (χ2n) is 4.82. The maximum absolute atomic E-state index is 13.2. The number of halogens is 1. The van der Waals surface area contributed by atoms with Crippen LogP contribution in [0.1, 0.15) is 36.0 Å². The van der Waals surface area contributed by atoms with Gasteiger partial charge < -0.3 is 15.2 Å². The van der Waals surface area contributed by atoms with Crippen molar-refractivity contribution >= 4 is 11.9 Å². The highest BCUT2D eigenvalue weighted by Crippen LogP contribution is 2.18. The molecule has 108 valence electrons. The minimum Gasteiger partial charge on any atom is -0.484 e. The van der Waals surface area contributed by atoms with E-state index in [0.29, 0.717) is 0 Å². The van der Waals surface area contributed by atoms with Crippen molar-refractivity contribution in [3.63, 3.8) is 0 Å². The maximum atomic E-state index is 13.2. The van der Waals surface area contributed by atoms with Crippen LogP contribution in [0.4, 0.5) is 4.39 Å². The van der Waals surface area contributed by atoms with Gasteiger partial charge in [0.1, 0.15) is 11.6 Å². The lowest BCUT2D eigenvalue weighted by molar-refractivity contribution is -0.123. The number of hydrogen-bond donors (Lipinski definition) is 2. The predicted octanol–water partition coefficient (Wildman–Crippen LogP) is 1.96. The zero-order valence-corrected chi connectivity index (χ0v) is 10.9. The largest absolute Gasteiger partial charge is 0.484 e. The van der Waals surface area contributed by atoms with Crippen molar-refractivity contribution in [1.82, 2.24) is 5.32 Å². The van der Waals surface area contributed by atoms with E-state index < -0.39 is 11.8 Å². The highest BCUT2D eigenvalue weighted by Gasteiger charge is 2.17. The van der Waals surface area contributed by atoms with Crippen molar-refractivity contribution in [2.75, 3.05) is 6.61 Å². The molecule has 0 radical (unpaired) electrons. The molecule has 2 N–H and O–H groups in total. The SMILES string of the molecule is O=C(COc1cc(F)cc(C(=O)O)c1)NC1CCCC1. The normalized spacial score (nSPS) is 15.1. The zero-order valence-electron chi connectivity index (χ0n) is 10.9. The summed E-state index contributed by atoms with van der Waals surface area (Å²) in [5.41, 5.74) is -0.212. The topological polar surface area (TPSA) is 75.6 Å². The first-order valence-electron chi connectivity index (χ1n) is 6.50. The fraction of sp³-hybridized carbons (Fsp3) is 0.429. The van der Waals surface area contributed by atoms with Gasteiger partial charge in [-0.2, -0.15) is 0 Å². The van der Waals surface area contributed by atoms with Crippen LogP contribution in [-0.2, 0) is 4.79 Å². The van der Waals surface area contributed by atoms with Gasteiger partial charge in [0, 0.05) is 12.1 Å². The van der Waals surface area contributed by atoms with E-state index in [1.807, 2.05) is 0 Å². The Morgan fingerprint density at radius 1 is 1.30 bits per heavy atom. The number of rotatable bonds is 5. The van der Waals surface area contributed by atoms with Crippen LogP contribution in [0, 0.1) is 5.82 Å². The number of nitrogens with one attached hydrogen (secondary N) is 1. The number of ether oxygens (including phenoxy) is 1. The summed E-state index contributed by atoms with van der Waals surface area (Å²) in [6.45, 7) is -0.251. The van der Waals surface area contributed by atoms with Crippen molar-refractivity contribution in [2.24, 2.45) is 0 Å². The number of carbonyl (C=O) groups is 2. The van der Waals surface area contributed by atoms with Crippen LogP contribution in [0.25, 0.3) is 0 Å². The maximum Gasteiger partial charge on any atom is 0.335 e. The summed E-state index contributed by atoms with van der Waals surface area (Å²) in [4.78, 5) is 22.4. The number of carboxylic acid groups (broad SMARTS) is 1. The Labute approximate surface area is 115 Å². The van der Waals surface area contributed by atoms with Gasteiger partial charge in [0.05, 0.1) is 5.56 Å². The van der Waals surface area contributed by atoms with Gasteiger partial charge in [-0.05, 0) is 25.0 Å². The average Bonchev–Trinajstić information content (AvgIpc) is 2.88. The molecule has 1 saturated carbocycles. The molecule has 20 heavy (non-hydrogen) atoms. The van der Waals surface area contributed by atoms with Crippen LogP contribution in [0.15, 0.2) is 18.2 Å². The van der Waals surface area contributed by atoms with Gasteiger partial charge in [-0.3, -0.25) is 4.79 Å². The number of amides is 1. The molecule has 1 aromatic carbocycles. The van der Waals surface area contributed by atoms with Crippen LogP contribution >= 0.6 is 0 Å². The molecule has 1 aliphatic carbocycles. The van der Waals surface area contributed by atoms with Gasteiger partial charge >= 0.3 is 5.97 Å². The first-order chi connectivity index (χ1) is 9.54. The lowest BCUT2D eigenvalue weighted by Crippen LogP contribution is -2.36. The molecule has 0 aromatic heterocycles. The summed E-state index contributed by atoms with van der Waals surface area (Å²) < 4.78 is 18.3. The minimum atomic E-state index is -1.25. The summed E-state index contributed by atoms with van der Waals surface area (Å²) in [6, 6.07) is 3.32. The molecule has 0 aliphatic heterocycles. The van der Waals surface area contributed by atoms with Crippen molar-refractivity contribution in [3.05, 3.63) is 29.6 Å². The Balaban J connectivity index is 1.89. The van der Waals surface area contributed by atoms with Gasteiger partial charge in [0.2, 0.25) is 0 Å². The molecular weight excluding hydrogens is 265 g/mol. The molecule has 1 aromatic rings. The lowest BCUT2D eigenvalue weighted by Gasteiger charge is -2.12. The van der Waals surface area contributed by atoms with Crippen molar-refractivity contribution < 1.29 is 23.8 Å². The first-order valence-corrected chi connectivity index (χ1v) is 6.50. The third-order valence-electron chi connectivity index (χ3n) is 3.21. The molecule has 6 heteroatoms. The second-order valence-corrected chi connectivity index (χ2v) is 4.82. The van der Waals surface area contributed by atoms with E-state index in [0.717, 1.165) is 37.8 Å². The lowest BCUT2D eigenvalue weighted by atomic mass is 10.2. The second kappa shape index (κ2) is 6.36. The van der Waals surface area contributed by atoms with Crippen LogP contribution in [0.2, 0.25) is 0 Å². The van der Waals surface area contributed by atoms with E-state index in [-0.39, 0.29) is 29.9 Å². The Morgan fingerprint density at radius 3 is 2.65 bits per heavy atom. The monoisotopic (exact) mass is 281 g/mol. The van der Waals surface area contributed by atoms with Crippen molar-refractivity contribution in [2.45, 2.75) is 31.7 Å². The molecule has 1 fully saturated rings. The molecule has 0 spiro atoms. The fourth-order valence-electron chi connectivity index (χ4n) is 2.26. The van der Waals surface area contributed by atoms with Crippen LogP contribution in [-0.4, -0.2) is 29.6 Å². The van der Waals surface area contributed by atoms with Crippen molar-refractivity contribution in [1.29, 1.82) is 0 Å². The number of benzene rings is 1. The van der Waals surface area contributed by atoms with E-state index in [2.05, 4.69) is 5.32 Å². The minimum absolute atomic E-state index is 0.0315. The quantitative estimate of drug-likeness (QED) is 0.865. The molecule has 0 atom stereocenters. The average molecular weight is 281 g/mol. The molecule has 0 heterocycles. The molecule has 1 aliphatic rings. The standard InChI is InChI=1S/C14H16FNO4/c15-10-5-9(14(18)19)6-12(7-10)20-8-13(17)16-11-3-1-2-4-11/h5-7,11H,1-4,8H2,(H,16,17)(H,18,19). The molecule has 0 unspecified atom stereocenters. The Bertz CT molecular complexity index is 512. The van der Waals surface area contributed by atoms with E-state index in [9.17, 15) is 14.0 Å². The van der Waals surface area contributed by atoms with Gasteiger partial charge in [-0.1, -0.05) is 12.8 Å². The smallest absolute Gasteiger partial charge is 0.335 e. The van der Waals surface area contributed by atoms with Gasteiger partial charge in [-0.15, -0.1) is 0 Å². The molecule has 5 nitrogen and oxygen atoms in total. The van der Waals surface area contributed by atoms with E-state index in [1.165, 1.54) is 6.07 Å². The summed E-state index contributed by atoms with van der Waals surface area (Å²) in [5, 5.41) is 11.6. The number of aromatic carboxylic acids is 1. The summed E-state index contributed by atoms with van der Waals surface area (Å²) in [6.07, 6.45) is 4.15. The summed E-state index contributed by atoms with van der Waals surface area (Å²) >= 11 is 0. The molecule has 0 saturated heterocycles. The van der Waals surface area contributed by atoms with Crippen LogP contribution in [0.3, 0.4) is 0 Å². The Hall–Kier alpha value is -2.11. The molecule has 0 bridgehead atoms. The summed E-state index contributed by atoms with van der Waals surface area (Å²) in [5.74, 6) is -2.21. The van der Waals surface area contributed by atoms with Gasteiger partial charge in [0.15, 0.2) is 6.61 Å². The van der Waals surface area contributed by atoms with E-state index in [4.69, 9.17) is 9.84 Å². The van der Waals surface area contributed by atoms with Gasteiger partial charge in [0.25, 0.3) is 5.91 Å². The van der Waals surface area contributed by atoms with E-state index >= 15 is 0 Å². The van der Waals surface area contributed by atoms with Crippen molar-refractivity contribution in [3.8, 4) is 5.75 Å². The van der Waals surface area contributed by atoms with Gasteiger partial charge in [-0.25, -0.2) is 9.18 Å². The van der Waals surface area contributed by atoms with E-state index in [1.54, 1.807) is 0 Å². The Kier molecular flexibility index (Phi) is 4.55. The number of carbonyl (C=O) groups excluding carboxylic acids is 1. The summed E-state index contributed by atoms with van der Waals surface area (Å²) in [7, 11) is 0. The highest BCUT2D eigenvalue weighted by atomic mass is 19.1. The molecular formula is C14H16FNO4. The third kappa shape index (κ3) is 3.94. The predicted molar refractivity (Wildman–Crippen MR) is 69.3 cm³/mol. The molecule has 2 rings (SSSR count). The first kappa shape index (κ1) is 14.3. The molecule has 1 amide bonds. The zero-order chi connectivity index (χ0) is 14.5. The third-order valence-corrected chi connectivity index (χ3v) is 3.21. The Morgan fingerprint density at radius 2 is 2.00 bits per heavy atom. The highest BCUT2D eigenvalue weighted by molar-refractivity contribution is 5.88. The van der Waals surface area contributed by atoms with Crippen LogP contribution < -0.4 is 10.1 Å². The number of carboxylic acids is 1.